The van der Waals surface area contributed by atoms with Crippen LogP contribution in [-0.4, -0.2) is 10.1 Å². The smallest absolute Gasteiger partial charge is 0.122 e. The molecule has 3 nitrogen and oxygen atoms in total. The third-order valence-electron chi connectivity index (χ3n) is 3.78. The first-order valence-electron chi connectivity index (χ1n) is 6.68. The fraction of sp³-hybridized carbons (Fsp3) is 0.250. The van der Waals surface area contributed by atoms with Gasteiger partial charge in [-0.15, -0.1) is 0 Å². The van der Waals surface area contributed by atoms with Gasteiger partial charge in [-0.05, 0) is 48.9 Å². The van der Waals surface area contributed by atoms with Gasteiger partial charge in [0.05, 0.1) is 5.56 Å². The van der Waals surface area contributed by atoms with Crippen molar-refractivity contribution >= 4 is 12.2 Å². The first kappa shape index (κ1) is 12.9. The minimum atomic E-state index is 0.224. The van der Waals surface area contributed by atoms with E-state index in [9.17, 15) is 10.4 Å². The highest BCUT2D eigenvalue weighted by Gasteiger charge is 2.19. The van der Waals surface area contributed by atoms with Gasteiger partial charge in [0, 0.05) is 11.3 Å². The summed E-state index contributed by atoms with van der Waals surface area (Å²) in [6, 6.07) is 9.20. The number of benzene rings is 1. The molecule has 20 heavy (non-hydrogen) atoms. The van der Waals surface area contributed by atoms with Crippen molar-refractivity contribution < 1.29 is 5.11 Å². The minimum absolute atomic E-state index is 0.224. The molecule has 0 bridgehead atoms. The van der Waals surface area contributed by atoms with Crippen molar-refractivity contribution in [1.82, 2.24) is 4.98 Å². The van der Waals surface area contributed by atoms with Crippen LogP contribution in [0, 0.1) is 16.0 Å². The lowest BCUT2D eigenvalue weighted by Gasteiger charge is -2.20. The van der Waals surface area contributed by atoms with Crippen LogP contribution in [0.2, 0.25) is 0 Å². The van der Waals surface area contributed by atoms with E-state index in [-0.39, 0.29) is 5.75 Å². The fourth-order valence-corrected chi connectivity index (χ4v) is 3.11. The van der Waals surface area contributed by atoms with E-state index >= 15 is 0 Å². The van der Waals surface area contributed by atoms with Gasteiger partial charge in [-0.3, -0.25) is 0 Å². The maximum Gasteiger partial charge on any atom is 0.122 e. The fourth-order valence-electron chi connectivity index (χ4n) is 2.84. The first-order chi connectivity index (χ1) is 9.70. The van der Waals surface area contributed by atoms with Crippen LogP contribution in [0.4, 0.5) is 0 Å². The zero-order valence-corrected chi connectivity index (χ0v) is 11.8. The zero-order valence-electron chi connectivity index (χ0n) is 10.9. The standard InChI is InChI=1S/C16H14N2OS/c17-9-13-15(10-5-7-11(19)8-6-10)12-3-1-2-4-14(12)18-16(13)20/h5-8,19H,1-4H2,(H,18,20). The molecule has 0 amide bonds. The predicted molar refractivity (Wildman–Crippen MR) is 80.1 cm³/mol. The van der Waals surface area contributed by atoms with Crippen LogP contribution in [0.3, 0.4) is 0 Å². The van der Waals surface area contributed by atoms with E-state index in [1.165, 1.54) is 5.56 Å². The number of fused-ring (bicyclic) bond motifs is 1. The highest BCUT2D eigenvalue weighted by molar-refractivity contribution is 7.71. The summed E-state index contributed by atoms with van der Waals surface area (Å²) in [6.45, 7) is 0. The van der Waals surface area contributed by atoms with Crippen LogP contribution >= 0.6 is 12.2 Å². The van der Waals surface area contributed by atoms with Gasteiger partial charge in [0.25, 0.3) is 0 Å². The summed E-state index contributed by atoms with van der Waals surface area (Å²) in [5.41, 5.74) is 4.77. The number of phenols is 1. The number of nitrogens with zero attached hydrogens (tertiary/aromatic N) is 1. The largest absolute Gasteiger partial charge is 0.508 e. The second kappa shape index (κ2) is 5.10. The van der Waals surface area contributed by atoms with Gasteiger partial charge in [-0.1, -0.05) is 24.4 Å². The molecule has 1 aliphatic carbocycles. The predicted octanol–water partition coefficient (Wildman–Crippen LogP) is 3.87. The summed E-state index contributed by atoms with van der Waals surface area (Å²) in [7, 11) is 0. The van der Waals surface area contributed by atoms with E-state index in [2.05, 4.69) is 11.1 Å². The van der Waals surface area contributed by atoms with Gasteiger partial charge >= 0.3 is 0 Å². The number of aromatic amines is 1. The lowest BCUT2D eigenvalue weighted by molar-refractivity contribution is 0.475. The maximum absolute atomic E-state index is 9.43. The number of pyridine rings is 1. The Balaban J connectivity index is 2.32. The number of hydrogen-bond donors (Lipinski definition) is 2. The third kappa shape index (κ3) is 2.10. The molecule has 0 saturated carbocycles. The summed E-state index contributed by atoms with van der Waals surface area (Å²) in [6.07, 6.45) is 4.23. The van der Waals surface area contributed by atoms with E-state index in [1.54, 1.807) is 12.1 Å². The van der Waals surface area contributed by atoms with E-state index in [1.807, 2.05) is 12.1 Å². The number of nitriles is 1. The average molecular weight is 282 g/mol. The SMILES string of the molecule is N#Cc1c(-c2ccc(O)cc2)c2c([nH]c1=S)CCCC2. The molecule has 0 saturated heterocycles. The number of aromatic hydroxyl groups is 1. The van der Waals surface area contributed by atoms with Gasteiger partial charge in [0.2, 0.25) is 0 Å². The Morgan fingerprint density at radius 3 is 2.55 bits per heavy atom. The van der Waals surface area contributed by atoms with Crippen molar-refractivity contribution in [3.63, 3.8) is 0 Å². The van der Waals surface area contributed by atoms with Crippen molar-refractivity contribution in [2.45, 2.75) is 25.7 Å². The molecular weight excluding hydrogens is 268 g/mol. The molecule has 0 unspecified atom stereocenters. The van der Waals surface area contributed by atoms with Gasteiger partial charge < -0.3 is 10.1 Å². The number of aryl methyl sites for hydroxylation is 1. The first-order valence-corrected chi connectivity index (χ1v) is 7.09. The van der Waals surface area contributed by atoms with Crippen molar-refractivity contribution in [2.24, 2.45) is 0 Å². The monoisotopic (exact) mass is 282 g/mol. The molecule has 1 aliphatic rings. The molecule has 1 aromatic carbocycles. The lowest BCUT2D eigenvalue weighted by atomic mass is 9.87. The summed E-state index contributed by atoms with van der Waals surface area (Å²) < 4.78 is 0.510. The van der Waals surface area contributed by atoms with Crippen LogP contribution in [0.1, 0.15) is 29.7 Å². The second-order valence-electron chi connectivity index (χ2n) is 5.03. The molecule has 0 radical (unpaired) electrons. The molecule has 3 rings (SSSR count). The Hall–Kier alpha value is -2.12. The minimum Gasteiger partial charge on any atom is -0.508 e. The van der Waals surface area contributed by atoms with Gasteiger partial charge in [-0.2, -0.15) is 5.26 Å². The lowest BCUT2D eigenvalue weighted by Crippen LogP contribution is -2.09. The van der Waals surface area contributed by atoms with Gasteiger partial charge in [0.15, 0.2) is 0 Å². The number of nitrogens with one attached hydrogen (secondary N) is 1. The number of rotatable bonds is 1. The normalized spacial score (nSPS) is 13.6. The Bertz CT molecular complexity index is 754. The molecule has 0 spiro atoms. The van der Waals surface area contributed by atoms with Crippen LogP contribution in [0.25, 0.3) is 11.1 Å². The van der Waals surface area contributed by atoms with Gasteiger partial charge in [0.1, 0.15) is 16.5 Å². The number of H-pyrrole nitrogens is 1. The number of aromatic nitrogens is 1. The molecule has 2 aromatic rings. The quantitative estimate of drug-likeness (QED) is 0.781. The Morgan fingerprint density at radius 1 is 1.15 bits per heavy atom. The number of hydrogen-bond acceptors (Lipinski definition) is 3. The molecular formula is C16H14N2OS. The molecule has 0 aliphatic heterocycles. The van der Waals surface area contributed by atoms with E-state index in [4.69, 9.17) is 12.2 Å². The highest BCUT2D eigenvalue weighted by atomic mass is 32.1. The summed E-state index contributed by atoms with van der Waals surface area (Å²) in [5.74, 6) is 0.224. The van der Waals surface area contributed by atoms with Crippen molar-refractivity contribution in [3.8, 4) is 22.9 Å². The van der Waals surface area contributed by atoms with Crippen molar-refractivity contribution in [2.75, 3.05) is 0 Å². The number of phenolic OH excluding ortho intramolecular Hbond substituents is 1. The Kier molecular flexibility index (Phi) is 3.29. The summed E-state index contributed by atoms with van der Waals surface area (Å²) >= 11 is 5.32. The summed E-state index contributed by atoms with van der Waals surface area (Å²) in [5, 5.41) is 18.9. The van der Waals surface area contributed by atoms with E-state index in [0.717, 1.165) is 42.5 Å². The van der Waals surface area contributed by atoms with Crippen LogP contribution in [0.5, 0.6) is 5.75 Å². The van der Waals surface area contributed by atoms with Gasteiger partial charge in [-0.25, -0.2) is 0 Å². The molecule has 1 heterocycles. The van der Waals surface area contributed by atoms with Crippen molar-refractivity contribution in [1.29, 1.82) is 5.26 Å². The maximum atomic E-state index is 9.43. The average Bonchev–Trinajstić information content (AvgIpc) is 2.47. The van der Waals surface area contributed by atoms with Crippen molar-refractivity contribution in [3.05, 3.63) is 45.7 Å². The molecule has 0 atom stereocenters. The third-order valence-corrected chi connectivity index (χ3v) is 4.09. The van der Waals surface area contributed by atoms with Crippen LogP contribution in [-0.2, 0) is 12.8 Å². The Labute approximate surface area is 122 Å². The second-order valence-corrected chi connectivity index (χ2v) is 5.44. The molecule has 100 valence electrons. The van der Waals surface area contributed by atoms with E-state index in [0.29, 0.717) is 10.2 Å². The molecule has 2 N–H and O–H groups in total. The van der Waals surface area contributed by atoms with Crippen LogP contribution < -0.4 is 0 Å². The highest BCUT2D eigenvalue weighted by Crippen LogP contribution is 2.34. The van der Waals surface area contributed by atoms with E-state index < -0.39 is 0 Å². The van der Waals surface area contributed by atoms with Crippen LogP contribution in [0.15, 0.2) is 24.3 Å². The summed E-state index contributed by atoms with van der Waals surface area (Å²) in [4.78, 5) is 3.21. The molecule has 4 heteroatoms. The Morgan fingerprint density at radius 2 is 1.85 bits per heavy atom. The molecule has 1 aromatic heterocycles. The topological polar surface area (TPSA) is 59.8 Å². The molecule has 0 fully saturated rings. The zero-order chi connectivity index (χ0) is 14.1.